The number of aliphatic hydroxyl groups excluding tert-OH is 1. The highest BCUT2D eigenvalue weighted by Gasteiger charge is 2.18. The highest BCUT2D eigenvalue weighted by molar-refractivity contribution is 5.90. The standard InChI is InChI=1S/C21H24N4O.ClH/c26-15-19(16-9-3-1-4-10-16)22-20-17-11-5-6-12-18(17)23-21(24-20)25-13-7-2-8-14-25;/h1,3-6,9-12,19,26H,2,7-8,13-15H2,(H,22,23,24);1H. The number of hydrogen-bond acceptors (Lipinski definition) is 5. The lowest BCUT2D eigenvalue weighted by Gasteiger charge is -2.27. The number of aromatic nitrogens is 2. The van der Waals surface area contributed by atoms with Crippen molar-refractivity contribution in [3.63, 3.8) is 0 Å². The Balaban J connectivity index is 0.00000210. The second-order valence-electron chi connectivity index (χ2n) is 6.73. The van der Waals surface area contributed by atoms with Gasteiger partial charge in [-0.2, -0.15) is 4.98 Å². The largest absolute Gasteiger partial charge is 0.394 e. The van der Waals surface area contributed by atoms with E-state index in [9.17, 15) is 5.11 Å². The molecule has 27 heavy (non-hydrogen) atoms. The first-order chi connectivity index (χ1) is 12.8. The van der Waals surface area contributed by atoms with E-state index in [-0.39, 0.29) is 25.1 Å². The van der Waals surface area contributed by atoms with E-state index >= 15 is 0 Å². The molecule has 1 aromatic heterocycles. The molecule has 0 amide bonds. The van der Waals surface area contributed by atoms with Crippen LogP contribution in [0.15, 0.2) is 54.6 Å². The summed E-state index contributed by atoms with van der Waals surface area (Å²) in [6, 6.07) is 17.8. The zero-order valence-electron chi connectivity index (χ0n) is 15.2. The highest BCUT2D eigenvalue weighted by Crippen LogP contribution is 2.28. The number of anilines is 2. The molecule has 2 aromatic carbocycles. The maximum Gasteiger partial charge on any atom is 0.227 e. The number of fused-ring (bicyclic) bond motifs is 1. The Kier molecular flexibility index (Phi) is 6.48. The molecule has 0 spiro atoms. The molecule has 142 valence electrons. The lowest BCUT2D eigenvalue weighted by atomic mass is 10.1. The quantitative estimate of drug-likeness (QED) is 0.690. The van der Waals surface area contributed by atoms with Crippen LogP contribution in [-0.4, -0.2) is 34.8 Å². The van der Waals surface area contributed by atoms with E-state index in [4.69, 9.17) is 9.97 Å². The number of rotatable bonds is 5. The lowest BCUT2D eigenvalue weighted by molar-refractivity contribution is 0.276. The molecule has 1 saturated heterocycles. The number of aliphatic hydroxyl groups is 1. The van der Waals surface area contributed by atoms with Crippen molar-refractivity contribution in [3.8, 4) is 0 Å². The van der Waals surface area contributed by atoms with Crippen LogP contribution in [0, 0.1) is 0 Å². The number of nitrogens with one attached hydrogen (secondary N) is 1. The molecular weight excluding hydrogens is 360 g/mol. The van der Waals surface area contributed by atoms with Crippen molar-refractivity contribution in [3.05, 3.63) is 60.2 Å². The Morgan fingerprint density at radius 1 is 0.926 bits per heavy atom. The maximum atomic E-state index is 9.91. The number of nitrogens with zero attached hydrogens (tertiary/aromatic N) is 3. The molecule has 6 heteroatoms. The molecule has 5 nitrogen and oxygen atoms in total. The number of piperidine rings is 1. The molecular formula is C21H25ClN4O. The van der Waals surface area contributed by atoms with Crippen LogP contribution in [0.3, 0.4) is 0 Å². The fourth-order valence-corrected chi connectivity index (χ4v) is 3.49. The molecule has 2 N–H and O–H groups in total. The number of halogens is 1. The topological polar surface area (TPSA) is 61.3 Å². The number of benzene rings is 2. The van der Waals surface area contributed by atoms with Crippen LogP contribution >= 0.6 is 12.4 Å². The third-order valence-corrected chi connectivity index (χ3v) is 4.93. The lowest BCUT2D eigenvalue weighted by Crippen LogP contribution is -2.31. The van der Waals surface area contributed by atoms with E-state index in [0.29, 0.717) is 0 Å². The van der Waals surface area contributed by atoms with Crippen LogP contribution in [0.25, 0.3) is 10.9 Å². The molecule has 0 aliphatic carbocycles. The van der Waals surface area contributed by atoms with Crippen molar-refractivity contribution in [1.82, 2.24) is 9.97 Å². The summed E-state index contributed by atoms with van der Waals surface area (Å²) in [5.74, 6) is 1.55. The van der Waals surface area contributed by atoms with Gasteiger partial charge in [0.15, 0.2) is 0 Å². The summed E-state index contributed by atoms with van der Waals surface area (Å²) < 4.78 is 0. The number of hydrogen-bond donors (Lipinski definition) is 2. The van der Waals surface area contributed by atoms with Gasteiger partial charge in [0.05, 0.1) is 18.2 Å². The summed E-state index contributed by atoms with van der Waals surface area (Å²) in [4.78, 5) is 11.9. The van der Waals surface area contributed by atoms with Gasteiger partial charge in [-0.1, -0.05) is 42.5 Å². The van der Waals surface area contributed by atoms with E-state index in [1.165, 1.54) is 19.3 Å². The first-order valence-electron chi connectivity index (χ1n) is 9.29. The molecule has 1 aliphatic heterocycles. The van der Waals surface area contributed by atoms with Gasteiger partial charge in [0, 0.05) is 18.5 Å². The summed E-state index contributed by atoms with van der Waals surface area (Å²) in [6.45, 7) is 2.00. The Labute approximate surface area is 165 Å². The van der Waals surface area contributed by atoms with E-state index in [0.717, 1.165) is 41.3 Å². The first kappa shape index (κ1) is 19.4. The van der Waals surface area contributed by atoms with Crippen LogP contribution in [-0.2, 0) is 0 Å². The van der Waals surface area contributed by atoms with Crippen molar-refractivity contribution < 1.29 is 5.11 Å². The van der Waals surface area contributed by atoms with Crippen molar-refractivity contribution in [2.24, 2.45) is 0 Å². The van der Waals surface area contributed by atoms with E-state index in [1.807, 2.05) is 54.6 Å². The van der Waals surface area contributed by atoms with Crippen LogP contribution in [0.1, 0.15) is 30.9 Å². The van der Waals surface area contributed by atoms with Gasteiger partial charge in [0.25, 0.3) is 0 Å². The summed E-state index contributed by atoms with van der Waals surface area (Å²) in [7, 11) is 0. The van der Waals surface area contributed by atoms with Crippen molar-refractivity contribution in [1.29, 1.82) is 0 Å². The van der Waals surface area contributed by atoms with Gasteiger partial charge >= 0.3 is 0 Å². The Bertz CT molecular complexity index is 868. The van der Waals surface area contributed by atoms with Crippen molar-refractivity contribution in [2.75, 3.05) is 29.9 Å². The SMILES string of the molecule is Cl.OCC(Nc1nc(N2CCCCC2)nc2ccccc12)c1ccccc1. The normalized spacial score (nSPS) is 15.2. The Morgan fingerprint density at radius 3 is 2.37 bits per heavy atom. The van der Waals surface area contributed by atoms with E-state index < -0.39 is 0 Å². The fourth-order valence-electron chi connectivity index (χ4n) is 3.49. The van der Waals surface area contributed by atoms with Gasteiger partial charge in [0.2, 0.25) is 5.95 Å². The third kappa shape index (κ3) is 4.31. The molecule has 1 atom stereocenters. The monoisotopic (exact) mass is 384 g/mol. The van der Waals surface area contributed by atoms with Gasteiger partial charge in [-0.15, -0.1) is 12.4 Å². The summed E-state index contributed by atoms with van der Waals surface area (Å²) in [5.41, 5.74) is 1.97. The molecule has 2 heterocycles. The predicted molar refractivity (Wildman–Crippen MR) is 113 cm³/mol. The summed E-state index contributed by atoms with van der Waals surface area (Å²) in [6.07, 6.45) is 3.64. The minimum atomic E-state index is -0.205. The van der Waals surface area contributed by atoms with Crippen LogP contribution < -0.4 is 10.2 Å². The maximum absolute atomic E-state index is 9.91. The molecule has 4 rings (SSSR count). The molecule has 0 saturated carbocycles. The average Bonchev–Trinajstić information content (AvgIpc) is 2.73. The second-order valence-corrected chi connectivity index (χ2v) is 6.73. The fraction of sp³-hybridized carbons (Fsp3) is 0.333. The third-order valence-electron chi connectivity index (χ3n) is 4.93. The van der Waals surface area contributed by atoms with Gasteiger partial charge in [-0.25, -0.2) is 4.98 Å². The molecule has 3 aromatic rings. The zero-order chi connectivity index (χ0) is 17.8. The zero-order valence-corrected chi connectivity index (χ0v) is 16.0. The first-order valence-corrected chi connectivity index (χ1v) is 9.29. The van der Waals surface area contributed by atoms with Crippen molar-refractivity contribution in [2.45, 2.75) is 25.3 Å². The second kappa shape index (κ2) is 9.02. The Hall–Kier alpha value is -2.37. The van der Waals surface area contributed by atoms with Crippen LogP contribution in [0.4, 0.5) is 11.8 Å². The van der Waals surface area contributed by atoms with Crippen molar-refractivity contribution >= 4 is 35.1 Å². The molecule has 0 radical (unpaired) electrons. The van der Waals surface area contributed by atoms with Gasteiger partial charge in [-0.3, -0.25) is 0 Å². The minimum Gasteiger partial charge on any atom is -0.394 e. The summed E-state index contributed by atoms with van der Waals surface area (Å²) in [5, 5.41) is 14.3. The molecule has 1 unspecified atom stereocenters. The average molecular weight is 385 g/mol. The smallest absolute Gasteiger partial charge is 0.227 e. The van der Waals surface area contributed by atoms with Crippen LogP contribution in [0.2, 0.25) is 0 Å². The van der Waals surface area contributed by atoms with Gasteiger partial charge < -0.3 is 15.3 Å². The van der Waals surface area contributed by atoms with E-state index in [1.54, 1.807) is 0 Å². The minimum absolute atomic E-state index is 0. The highest BCUT2D eigenvalue weighted by atomic mass is 35.5. The number of para-hydroxylation sites is 1. The summed E-state index contributed by atoms with van der Waals surface area (Å²) >= 11 is 0. The molecule has 0 bridgehead atoms. The van der Waals surface area contributed by atoms with Crippen LogP contribution in [0.5, 0.6) is 0 Å². The molecule has 1 aliphatic rings. The van der Waals surface area contributed by atoms with E-state index in [2.05, 4.69) is 10.2 Å². The molecule has 1 fully saturated rings. The van der Waals surface area contributed by atoms with Gasteiger partial charge in [-0.05, 0) is 37.0 Å². The predicted octanol–water partition coefficient (Wildman–Crippen LogP) is 4.19. The Morgan fingerprint density at radius 2 is 1.63 bits per heavy atom. The van der Waals surface area contributed by atoms with Gasteiger partial charge in [0.1, 0.15) is 5.82 Å².